The number of anilines is 1. The predicted octanol–water partition coefficient (Wildman–Crippen LogP) is 5.05. The lowest BCUT2D eigenvalue weighted by molar-refractivity contribution is -0.114. The maximum absolute atomic E-state index is 11.1. The first-order chi connectivity index (χ1) is 11.0. The number of thiazole rings is 1. The summed E-state index contributed by atoms with van der Waals surface area (Å²) in [4.78, 5) is 17.1. The van der Waals surface area contributed by atoms with Crippen LogP contribution < -0.4 is 5.32 Å². The zero-order valence-electron chi connectivity index (χ0n) is 13.4. The highest BCUT2D eigenvalue weighted by Gasteiger charge is 2.11. The summed E-state index contributed by atoms with van der Waals surface area (Å²) in [6.45, 7) is 5.69. The first kappa shape index (κ1) is 15.4. The van der Waals surface area contributed by atoms with Crippen molar-refractivity contribution in [3.05, 3.63) is 59.0 Å². The fourth-order valence-corrected chi connectivity index (χ4v) is 3.41. The number of nitrogens with one attached hydrogen (secondary N) is 1. The molecular weight excluding hydrogens is 304 g/mol. The summed E-state index contributed by atoms with van der Waals surface area (Å²) >= 11 is 1.70. The Balaban J connectivity index is 1.93. The third kappa shape index (κ3) is 3.48. The molecule has 23 heavy (non-hydrogen) atoms. The molecule has 0 unspecified atom stereocenters. The molecule has 116 valence electrons. The summed E-state index contributed by atoms with van der Waals surface area (Å²) in [6.07, 6.45) is 0. The molecule has 1 heterocycles. The molecule has 0 saturated carbocycles. The second kappa shape index (κ2) is 6.34. The zero-order chi connectivity index (χ0) is 16.4. The van der Waals surface area contributed by atoms with Gasteiger partial charge in [-0.15, -0.1) is 11.3 Å². The quantitative estimate of drug-likeness (QED) is 0.733. The van der Waals surface area contributed by atoms with E-state index in [4.69, 9.17) is 4.98 Å². The highest BCUT2D eigenvalue weighted by molar-refractivity contribution is 7.15. The first-order valence-electron chi connectivity index (χ1n) is 7.45. The highest BCUT2D eigenvalue weighted by atomic mass is 32.1. The smallest absolute Gasteiger partial charge is 0.221 e. The number of hydrogen-bond acceptors (Lipinski definition) is 3. The normalized spacial score (nSPS) is 10.6. The van der Waals surface area contributed by atoms with Gasteiger partial charge in [0.2, 0.25) is 5.91 Å². The molecule has 1 N–H and O–H groups in total. The summed E-state index contributed by atoms with van der Waals surface area (Å²) in [5, 5.41) is 3.81. The van der Waals surface area contributed by atoms with E-state index >= 15 is 0 Å². The van der Waals surface area contributed by atoms with Crippen LogP contribution in [0.1, 0.15) is 17.4 Å². The van der Waals surface area contributed by atoms with E-state index in [0.29, 0.717) is 0 Å². The predicted molar refractivity (Wildman–Crippen MR) is 96.8 cm³/mol. The van der Waals surface area contributed by atoms with Crippen molar-refractivity contribution in [2.45, 2.75) is 20.8 Å². The van der Waals surface area contributed by atoms with Crippen LogP contribution >= 0.6 is 11.3 Å². The van der Waals surface area contributed by atoms with Crippen LogP contribution in [0.2, 0.25) is 0 Å². The van der Waals surface area contributed by atoms with Crippen molar-refractivity contribution in [3.8, 4) is 21.8 Å². The van der Waals surface area contributed by atoms with Crippen molar-refractivity contribution >= 4 is 22.9 Å². The van der Waals surface area contributed by atoms with Crippen molar-refractivity contribution < 1.29 is 4.79 Å². The molecule has 0 saturated heterocycles. The molecule has 1 amide bonds. The van der Waals surface area contributed by atoms with Crippen LogP contribution in [0.25, 0.3) is 21.8 Å². The Morgan fingerprint density at radius 2 is 1.78 bits per heavy atom. The Morgan fingerprint density at radius 3 is 2.43 bits per heavy atom. The minimum atomic E-state index is -0.0654. The second-order valence-electron chi connectivity index (χ2n) is 5.55. The van der Waals surface area contributed by atoms with E-state index < -0.39 is 0 Å². The van der Waals surface area contributed by atoms with Crippen LogP contribution in [-0.2, 0) is 4.79 Å². The standard InChI is InChI=1S/C19H18N2OS/c1-12-5-4-6-16(11-12)19-21-18(13(2)23-19)15-7-9-17(10-8-15)20-14(3)22/h4-11H,1-3H3,(H,20,22). The summed E-state index contributed by atoms with van der Waals surface area (Å²) in [7, 11) is 0. The number of amides is 1. The van der Waals surface area contributed by atoms with Gasteiger partial charge < -0.3 is 5.32 Å². The molecule has 4 heteroatoms. The molecule has 3 nitrogen and oxygen atoms in total. The largest absolute Gasteiger partial charge is 0.326 e. The van der Waals surface area contributed by atoms with Crippen LogP contribution in [0.3, 0.4) is 0 Å². The van der Waals surface area contributed by atoms with Crippen molar-refractivity contribution in [1.29, 1.82) is 0 Å². The average Bonchev–Trinajstić information content (AvgIpc) is 2.89. The molecule has 3 aromatic rings. The number of aromatic nitrogens is 1. The van der Waals surface area contributed by atoms with Crippen LogP contribution in [-0.4, -0.2) is 10.9 Å². The van der Waals surface area contributed by atoms with Crippen LogP contribution in [0.4, 0.5) is 5.69 Å². The summed E-state index contributed by atoms with van der Waals surface area (Å²) in [5.41, 5.74) is 5.25. The van der Waals surface area contributed by atoms with Crippen LogP contribution in [0, 0.1) is 13.8 Å². The lowest BCUT2D eigenvalue weighted by Gasteiger charge is -2.03. The molecule has 0 spiro atoms. The molecule has 1 aromatic heterocycles. The van der Waals surface area contributed by atoms with E-state index in [1.54, 1.807) is 11.3 Å². The van der Waals surface area contributed by atoms with Crippen LogP contribution in [0.15, 0.2) is 48.5 Å². The number of hydrogen-bond donors (Lipinski definition) is 1. The van der Waals surface area contributed by atoms with E-state index in [1.165, 1.54) is 17.4 Å². The minimum Gasteiger partial charge on any atom is -0.326 e. The third-order valence-corrected chi connectivity index (χ3v) is 4.56. The van der Waals surface area contributed by atoms with Gasteiger partial charge in [-0.05, 0) is 32.0 Å². The van der Waals surface area contributed by atoms with E-state index in [-0.39, 0.29) is 5.91 Å². The number of carbonyl (C=O) groups is 1. The number of rotatable bonds is 3. The number of carbonyl (C=O) groups excluding carboxylic acids is 1. The fourth-order valence-electron chi connectivity index (χ4n) is 2.48. The monoisotopic (exact) mass is 322 g/mol. The van der Waals surface area contributed by atoms with Gasteiger partial charge in [-0.3, -0.25) is 4.79 Å². The molecule has 0 radical (unpaired) electrons. The van der Waals surface area contributed by atoms with E-state index in [2.05, 4.69) is 43.4 Å². The van der Waals surface area contributed by atoms with Gasteiger partial charge >= 0.3 is 0 Å². The van der Waals surface area contributed by atoms with Gasteiger partial charge in [0.05, 0.1) is 5.69 Å². The average molecular weight is 322 g/mol. The van der Waals surface area contributed by atoms with Gasteiger partial charge in [0.15, 0.2) is 0 Å². The molecule has 0 aliphatic rings. The third-order valence-electron chi connectivity index (χ3n) is 3.54. The van der Waals surface area contributed by atoms with Gasteiger partial charge in [-0.1, -0.05) is 35.9 Å². The van der Waals surface area contributed by atoms with E-state index in [1.807, 2.05) is 24.3 Å². The lowest BCUT2D eigenvalue weighted by Crippen LogP contribution is -2.05. The number of benzene rings is 2. The molecule has 0 aliphatic heterocycles. The maximum Gasteiger partial charge on any atom is 0.221 e. The molecule has 0 aliphatic carbocycles. The van der Waals surface area contributed by atoms with Crippen molar-refractivity contribution in [1.82, 2.24) is 4.98 Å². The zero-order valence-corrected chi connectivity index (χ0v) is 14.2. The Morgan fingerprint density at radius 1 is 1.04 bits per heavy atom. The van der Waals surface area contributed by atoms with Crippen molar-refractivity contribution in [3.63, 3.8) is 0 Å². The molecule has 0 atom stereocenters. The number of aryl methyl sites for hydroxylation is 2. The first-order valence-corrected chi connectivity index (χ1v) is 8.27. The van der Waals surface area contributed by atoms with Gasteiger partial charge in [0.25, 0.3) is 0 Å². The Bertz CT molecular complexity index is 850. The minimum absolute atomic E-state index is 0.0654. The Hall–Kier alpha value is -2.46. The molecule has 0 bridgehead atoms. The Labute approximate surface area is 140 Å². The van der Waals surface area contributed by atoms with Crippen LogP contribution in [0.5, 0.6) is 0 Å². The molecule has 3 rings (SSSR count). The van der Waals surface area contributed by atoms with Crippen molar-refractivity contribution in [2.24, 2.45) is 0 Å². The SMILES string of the molecule is CC(=O)Nc1ccc(-c2nc(-c3cccc(C)c3)sc2C)cc1. The van der Waals surface area contributed by atoms with E-state index in [0.717, 1.165) is 27.5 Å². The summed E-state index contributed by atoms with van der Waals surface area (Å²) < 4.78 is 0. The van der Waals surface area contributed by atoms with Crippen molar-refractivity contribution in [2.75, 3.05) is 5.32 Å². The van der Waals surface area contributed by atoms with E-state index in [9.17, 15) is 4.79 Å². The molecular formula is C19H18N2OS. The Kier molecular flexibility index (Phi) is 4.26. The number of nitrogens with zero attached hydrogens (tertiary/aromatic N) is 1. The highest BCUT2D eigenvalue weighted by Crippen LogP contribution is 2.33. The molecule has 0 fully saturated rings. The second-order valence-corrected chi connectivity index (χ2v) is 6.76. The topological polar surface area (TPSA) is 42.0 Å². The summed E-state index contributed by atoms with van der Waals surface area (Å²) in [5.74, 6) is -0.0654. The molecule has 2 aromatic carbocycles. The maximum atomic E-state index is 11.1. The lowest BCUT2D eigenvalue weighted by atomic mass is 10.1. The van der Waals surface area contributed by atoms with Gasteiger partial charge in [0.1, 0.15) is 5.01 Å². The van der Waals surface area contributed by atoms with Gasteiger partial charge in [-0.2, -0.15) is 0 Å². The van der Waals surface area contributed by atoms with Gasteiger partial charge in [-0.25, -0.2) is 4.98 Å². The van der Waals surface area contributed by atoms with Gasteiger partial charge in [0, 0.05) is 28.6 Å². The fraction of sp³-hybridized carbons (Fsp3) is 0.158. The summed E-state index contributed by atoms with van der Waals surface area (Å²) in [6, 6.07) is 16.2.